The van der Waals surface area contributed by atoms with E-state index in [2.05, 4.69) is 0 Å². The van der Waals surface area contributed by atoms with Crippen molar-refractivity contribution in [2.45, 2.75) is 18.8 Å². The molecular weight excluding hydrogens is 427 g/mol. The summed E-state index contributed by atoms with van der Waals surface area (Å²) in [6, 6.07) is 15.7. The van der Waals surface area contributed by atoms with Gasteiger partial charge in [-0.15, -0.1) is 0 Å². The fourth-order valence-corrected chi connectivity index (χ4v) is 4.46. The Hall–Kier alpha value is -4.17. The highest BCUT2D eigenvalue weighted by atomic mass is 19.1. The second-order valence-electron chi connectivity index (χ2n) is 7.76. The average Bonchev–Trinajstić information content (AvgIpc) is 2.83. The lowest BCUT2D eigenvalue weighted by Gasteiger charge is -2.44. The minimum absolute atomic E-state index is 0.229. The number of methoxy groups -OCH3 is 2. The van der Waals surface area contributed by atoms with Crippen molar-refractivity contribution < 1.29 is 28.6 Å². The number of aryl methyl sites for hydroxylation is 1. The minimum Gasteiger partial charge on any atom is -0.511 e. The Bertz CT molecular complexity index is 1180. The maximum Gasteiger partial charge on any atom is 0.337 e. The monoisotopic (exact) mass is 448 g/mol. The molecule has 3 rings (SSSR count). The molecular formula is C25H21FN2O5. The predicted molar refractivity (Wildman–Crippen MR) is 114 cm³/mol. The number of halogens is 1. The van der Waals surface area contributed by atoms with Crippen molar-refractivity contribution in [3.63, 3.8) is 0 Å². The quantitative estimate of drug-likeness (QED) is 0.706. The first-order valence-electron chi connectivity index (χ1n) is 9.99. The molecule has 0 spiro atoms. The SMILES string of the molecule is COC(=O)C1=C(O)[C@H](C(=O)OC)[C@@H](c2ccc(C)cc2)C(C#N)(C#N)[C@H]1c1ccc(F)cc1. The molecule has 1 N–H and O–H groups in total. The topological polar surface area (TPSA) is 120 Å². The average molecular weight is 448 g/mol. The smallest absolute Gasteiger partial charge is 0.337 e. The predicted octanol–water partition coefficient (Wildman–Crippen LogP) is 3.82. The van der Waals surface area contributed by atoms with Crippen molar-refractivity contribution >= 4 is 11.9 Å². The van der Waals surface area contributed by atoms with Crippen LogP contribution in [0.25, 0.3) is 0 Å². The van der Waals surface area contributed by atoms with E-state index in [1.165, 1.54) is 12.1 Å². The van der Waals surface area contributed by atoms with E-state index in [1.807, 2.05) is 19.1 Å². The van der Waals surface area contributed by atoms with Crippen LogP contribution in [0, 0.1) is 46.7 Å². The maximum absolute atomic E-state index is 13.7. The Balaban J connectivity index is 2.47. The molecule has 7 nitrogen and oxygen atoms in total. The molecule has 1 aliphatic carbocycles. The number of nitrogens with zero attached hydrogens (tertiary/aromatic N) is 2. The van der Waals surface area contributed by atoms with Gasteiger partial charge in [0.1, 0.15) is 17.5 Å². The number of hydrogen-bond donors (Lipinski definition) is 1. The molecule has 0 aromatic heterocycles. The summed E-state index contributed by atoms with van der Waals surface area (Å²) < 4.78 is 23.4. The first-order valence-corrected chi connectivity index (χ1v) is 9.99. The Morgan fingerprint density at radius 3 is 2.00 bits per heavy atom. The van der Waals surface area contributed by atoms with Crippen LogP contribution in [0.5, 0.6) is 0 Å². The molecule has 0 radical (unpaired) electrons. The molecule has 8 heteroatoms. The van der Waals surface area contributed by atoms with Gasteiger partial charge in [-0.25, -0.2) is 9.18 Å². The van der Waals surface area contributed by atoms with E-state index in [4.69, 9.17) is 9.47 Å². The number of aliphatic hydroxyl groups excluding tert-OH is 1. The van der Waals surface area contributed by atoms with Crippen molar-refractivity contribution in [2.75, 3.05) is 14.2 Å². The Kier molecular flexibility index (Phi) is 6.50. The van der Waals surface area contributed by atoms with Crippen molar-refractivity contribution in [3.05, 3.63) is 82.4 Å². The number of rotatable bonds is 4. The van der Waals surface area contributed by atoms with Gasteiger partial charge in [-0.3, -0.25) is 4.79 Å². The number of benzene rings is 2. The zero-order chi connectivity index (χ0) is 24.3. The van der Waals surface area contributed by atoms with Crippen LogP contribution < -0.4 is 0 Å². The molecule has 3 atom stereocenters. The summed E-state index contributed by atoms with van der Waals surface area (Å²) in [6.07, 6.45) is 0. The van der Waals surface area contributed by atoms with Gasteiger partial charge in [-0.1, -0.05) is 42.0 Å². The fraction of sp³-hybridized carbons (Fsp3) is 0.280. The van der Waals surface area contributed by atoms with Gasteiger partial charge in [0.15, 0.2) is 5.41 Å². The largest absolute Gasteiger partial charge is 0.511 e. The van der Waals surface area contributed by atoms with Gasteiger partial charge in [0.2, 0.25) is 0 Å². The zero-order valence-electron chi connectivity index (χ0n) is 18.2. The summed E-state index contributed by atoms with van der Waals surface area (Å²) in [5.41, 5.74) is -0.935. The summed E-state index contributed by atoms with van der Waals surface area (Å²) in [5, 5.41) is 32.0. The van der Waals surface area contributed by atoms with E-state index in [0.29, 0.717) is 5.56 Å². The van der Waals surface area contributed by atoms with Gasteiger partial charge < -0.3 is 14.6 Å². The third kappa shape index (κ3) is 3.81. The molecule has 2 aromatic carbocycles. The Labute approximate surface area is 190 Å². The van der Waals surface area contributed by atoms with Crippen LogP contribution in [0.1, 0.15) is 28.5 Å². The molecule has 0 saturated heterocycles. The van der Waals surface area contributed by atoms with Gasteiger partial charge in [-0.05, 0) is 30.2 Å². The molecule has 168 valence electrons. The third-order valence-corrected chi connectivity index (χ3v) is 6.01. The molecule has 0 amide bonds. The van der Waals surface area contributed by atoms with Crippen LogP contribution >= 0.6 is 0 Å². The van der Waals surface area contributed by atoms with Crippen LogP contribution in [0.4, 0.5) is 4.39 Å². The second-order valence-corrected chi connectivity index (χ2v) is 7.76. The maximum atomic E-state index is 13.7. The van der Waals surface area contributed by atoms with E-state index in [-0.39, 0.29) is 5.56 Å². The lowest BCUT2D eigenvalue weighted by atomic mass is 9.54. The molecule has 0 bridgehead atoms. The molecule has 0 fully saturated rings. The van der Waals surface area contributed by atoms with Crippen LogP contribution in [0.2, 0.25) is 0 Å². The molecule has 33 heavy (non-hydrogen) atoms. The fourth-order valence-electron chi connectivity index (χ4n) is 4.46. The highest BCUT2D eigenvalue weighted by molar-refractivity contribution is 5.94. The second kappa shape index (κ2) is 9.13. The van der Waals surface area contributed by atoms with Crippen molar-refractivity contribution in [1.82, 2.24) is 0 Å². The lowest BCUT2D eigenvalue weighted by molar-refractivity contribution is -0.147. The van der Waals surface area contributed by atoms with Crippen molar-refractivity contribution in [1.29, 1.82) is 10.5 Å². The first kappa shape index (κ1) is 23.5. The molecule has 1 aliphatic rings. The minimum atomic E-state index is -2.05. The summed E-state index contributed by atoms with van der Waals surface area (Å²) >= 11 is 0. The molecule has 2 aromatic rings. The van der Waals surface area contributed by atoms with Gasteiger partial charge in [-0.2, -0.15) is 10.5 Å². The number of esters is 2. The first-order chi connectivity index (χ1) is 15.7. The number of nitriles is 2. The summed E-state index contributed by atoms with van der Waals surface area (Å²) in [7, 11) is 2.18. The number of ether oxygens (including phenoxy) is 2. The Morgan fingerprint density at radius 2 is 1.52 bits per heavy atom. The van der Waals surface area contributed by atoms with E-state index < -0.39 is 52.3 Å². The molecule has 0 unspecified atom stereocenters. The molecule has 0 saturated carbocycles. The number of aliphatic hydroxyl groups is 1. The van der Waals surface area contributed by atoms with Crippen LogP contribution in [-0.2, 0) is 19.1 Å². The van der Waals surface area contributed by atoms with Crippen LogP contribution in [0.15, 0.2) is 59.9 Å². The van der Waals surface area contributed by atoms with Gasteiger partial charge in [0.25, 0.3) is 0 Å². The summed E-state index contributed by atoms with van der Waals surface area (Å²) in [4.78, 5) is 25.7. The van der Waals surface area contributed by atoms with Crippen molar-refractivity contribution in [2.24, 2.45) is 11.3 Å². The number of hydrogen-bond acceptors (Lipinski definition) is 7. The highest BCUT2D eigenvalue weighted by Gasteiger charge is 2.61. The van der Waals surface area contributed by atoms with Crippen LogP contribution in [0.3, 0.4) is 0 Å². The molecule has 0 heterocycles. The molecule has 0 aliphatic heterocycles. The Morgan fingerprint density at radius 1 is 0.970 bits per heavy atom. The normalized spacial score (nSPS) is 21.5. The lowest BCUT2D eigenvalue weighted by Crippen LogP contribution is -2.47. The van der Waals surface area contributed by atoms with Crippen LogP contribution in [-0.4, -0.2) is 31.3 Å². The van der Waals surface area contributed by atoms with E-state index in [0.717, 1.165) is 31.9 Å². The number of carbonyl (C=O) groups is 2. The van der Waals surface area contributed by atoms with Gasteiger partial charge in [0.05, 0.1) is 37.8 Å². The standard InChI is InChI=1S/C25H21FN2O5/c1-14-4-6-15(7-5-14)20-18(23(30)32-2)22(29)19(24(31)33-3)21(25(20,12-27)13-28)16-8-10-17(26)11-9-16/h4-11,18,20-21,29H,1-3H3/t18-,20-,21+/m1/s1. The summed E-state index contributed by atoms with van der Waals surface area (Å²) in [6.45, 7) is 1.85. The number of carbonyl (C=O) groups excluding carboxylic acids is 2. The van der Waals surface area contributed by atoms with Crippen molar-refractivity contribution in [3.8, 4) is 12.1 Å². The third-order valence-electron chi connectivity index (χ3n) is 6.01. The van der Waals surface area contributed by atoms with Gasteiger partial charge in [0, 0.05) is 5.92 Å². The summed E-state index contributed by atoms with van der Waals surface area (Å²) in [5.74, 6) is -7.24. The zero-order valence-corrected chi connectivity index (χ0v) is 18.2. The van der Waals surface area contributed by atoms with E-state index in [9.17, 15) is 29.6 Å². The van der Waals surface area contributed by atoms with E-state index >= 15 is 0 Å². The highest BCUT2D eigenvalue weighted by Crippen LogP contribution is 2.58. The van der Waals surface area contributed by atoms with Gasteiger partial charge >= 0.3 is 11.9 Å². The van der Waals surface area contributed by atoms with E-state index in [1.54, 1.807) is 24.3 Å².